The van der Waals surface area contributed by atoms with Crippen molar-refractivity contribution in [3.63, 3.8) is 0 Å². The summed E-state index contributed by atoms with van der Waals surface area (Å²) >= 11 is 0. The minimum atomic E-state index is -1.15. The Kier molecular flexibility index (Phi) is 6.52. The number of nitrogens with one attached hydrogen (secondary N) is 2. The lowest BCUT2D eigenvalue weighted by molar-refractivity contribution is -0.136. The highest BCUT2D eigenvalue weighted by atomic mass is 19.1. The predicted octanol–water partition coefficient (Wildman–Crippen LogP) is 2.29. The van der Waals surface area contributed by atoms with E-state index in [1.807, 2.05) is 20.8 Å². The van der Waals surface area contributed by atoms with E-state index >= 15 is 4.39 Å². The highest BCUT2D eigenvalue weighted by Crippen LogP contribution is 2.33. The van der Waals surface area contributed by atoms with Gasteiger partial charge >= 0.3 is 6.09 Å². The number of hydrogen-bond acceptors (Lipinski definition) is 7. The van der Waals surface area contributed by atoms with Gasteiger partial charge in [0.1, 0.15) is 11.6 Å². The van der Waals surface area contributed by atoms with E-state index in [0.29, 0.717) is 32.5 Å². The molecule has 0 bridgehead atoms. The molecule has 11 heteroatoms. The first-order valence-electron chi connectivity index (χ1n) is 11.7. The van der Waals surface area contributed by atoms with E-state index < -0.39 is 41.1 Å². The van der Waals surface area contributed by atoms with Crippen molar-refractivity contribution >= 4 is 35.4 Å². The SMILES string of the molecule is CC(C)(C)OC(=O)N1CCC(CNc2ccc3c(c2F)C(=O)N(C2CCC(=O)NC2=O)C3=O)CC1. The Morgan fingerprint density at radius 1 is 1.11 bits per heavy atom. The summed E-state index contributed by atoms with van der Waals surface area (Å²) in [5, 5.41) is 5.14. The number of imide groups is 2. The summed E-state index contributed by atoms with van der Waals surface area (Å²) < 4.78 is 20.7. The van der Waals surface area contributed by atoms with E-state index in [1.165, 1.54) is 12.1 Å². The Bertz CT molecular complexity index is 1090. The number of nitrogens with zero attached hydrogens (tertiary/aromatic N) is 2. The molecule has 1 aromatic carbocycles. The van der Waals surface area contributed by atoms with Crippen LogP contribution in [0.1, 0.15) is 67.2 Å². The summed E-state index contributed by atoms with van der Waals surface area (Å²) in [6, 6.07) is 1.63. The highest BCUT2D eigenvalue weighted by Gasteiger charge is 2.46. The zero-order chi connectivity index (χ0) is 25.5. The lowest BCUT2D eigenvalue weighted by Gasteiger charge is -2.33. The smallest absolute Gasteiger partial charge is 0.410 e. The van der Waals surface area contributed by atoms with Crippen LogP contribution in [0.15, 0.2) is 12.1 Å². The van der Waals surface area contributed by atoms with Crippen molar-refractivity contribution in [1.82, 2.24) is 15.1 Å². The van der Waals surface area contributed by atoms with E-state index in [2.05, 4.69) is 10.6 Å². The number of likely N-dealkylation sites (tertiary alicyclic amines) is 1. The molecule has 4 rings (SSSR count). The van der Waals surface area contributed by atoms with Gasteiger partial charge < -0.3 is 15.0 Å². The predicted molar refractivity (Wildman–Crippen MR) is 122 cm³/mol. The van der Waals surface area contributed by atoms with Crippen LogP contribution in [0.5, 0.6) is 0 Å². The van der Waals surface area contributed by atoms with Gasteiger partial charge in [-0.25, -0.2) is 9.18 Å². The van der Waals surface area contributed by atoms with Crippen LogP contribution in [0.25, 0.3) is 0 Å². The Morgan fingerprint density at radius 3 is 2.43 bits per heavy atom. The monoisotopic (exact) mass is 488 g/mol. The maximum Gasteiger partial charge on any atom is 0.410 e. The van der Waals surface area contributed by atoms with Crippen LogP contribution in [-0.4, -0.2) is 70.8 Å². The second-order valence-electron chi connectivity index (χ2n) is 10.1. The van der Waals surface area contributed by atoms with Gasteiger partial charge in [-0.1, -0.05) is 0 Å². The standard InChI is InChI=1S/C24H29FN4O6/c1-24(2,3)35-23(34)28-10-8-13(9-11-28)12-26-15-5-4-14-18(19(15)25)22(33)29(21(14)32)16-6-7-17(30)27-20(16)31/h4-5,13,16,26H,6-12H2,1-3H3,(H,27,30,31). The van der Waals surface area contributed by atoms with Crippen LogP contribution in [0, 0.1) is 11.7 Å². The van der Waals surface area contributed by atoms with E-state index in [-0.39, 0.29) is 41.7 Å². The molecule has 1 aromatic rings. The number of amides is 5. The molecule has 0 spiro atoms. The van der Waals surface area contributed by atoms with Crippen LogP contribution < -0.4 is 10.6 Å². The topological polar surface area (TPSA) is 125 Å². The zero-order valence-corrected chi connectivity index (χ0v) is 20.0. The molecule has 2 saturated heterocycles. The summed E-state index contributed by atoms with van der Waals surface area (Å²) in [6.45, 7) is 6.93. The Hall–Kier alpha value is -3.50. The third-order valence-corrected chi connectivity index (χ3v) is 6.39. The van der Waals surface area contributed by atoms with Gasteiger partial charge in [0.05, 0.1) is 16.8 Å². The molecular weight excluding hydrogens is 459 g/mol. The first-order valence-corrected chi connectivity index (χ1v) is 11.7. The van der Waals surface area contributed by atoms with Crippen molar-refractivity contribution in [3.05, 3.63) is 29.1 Å². The fourth-order valence-corrected chi connectivity index (χ4v) is 4.55. The Morgan fingerprint density at radius 2 is 1.80 bits per heavy atom. The molecule has 2 fully saturated rings. The maximum atomic E-state index is 15.3. The maximum absolute atomic E-state index is 15.3. The van der Waals surface area contributed by atoms with E-state index in [4.69, 9.17) is 4.74 Å². The average Bonchev–Trinajstić information content (AvgIpc) is 3.03. The van der Waals surface area contributed by atoms with Gasteiger partial charge in [-0.3, -0.25) is 29.4 Å². The lowest BCUT2D eigenvalue weighted by atomic mass is 9.97. The molecule has 0 saturated carbocycles. The van der Waals surface area contributed by atoms with Crippen molar-refractivity contribution in [2.24, 2.45) is 5.92 Å². The van der Waals surface area contributed by atoms with Crippen LogP contribution in [0.4, 0.5) is 14.9 Å². The van der Waals surface area contributed by atoms with Crippen molar-refractivity contribution in [2.45, 2.75) is 58.1 Å². The van der Waals surface area contributed by atoms with Gasteiger partial charge in [-0.05, 0) is 58.1 Å². The fraction of sp³-hybridized carbons (Fsp3) is 0.542. The molecule has 5 amide bonds. The molecule has 3 aliphatic heterocycles. The zero-order valence-electron chi connectivity index (χ0n) is 20.0. The summed E-state index contributed by atoms with van der Waals surface area (Å²) in [5.41, 5.74) is -0.949. The number of benzene rings is 1. The second kappa shape index (κ2) is 9.27. The quantitative estimate of drug-likeness (QED) is 0.623. The molecule has 1 atom stereocenters. The first-order chi connectivity index (χ1) is 16.5. The molecule has 3 heterocycles. The number of piperidine rings is 2. The van der Waals surface area contributed by atoms with Crippen LogP contribution >= 0.6 is 0 Å². The lowest BCUT2D eigenvalue weighted by Crippen LogP contribution is -2.54. The van der Waals surface area contributed by atoms with Gasteiger partial charge in [-0.2, -0.15) is 0 Å². The number of hydrogen-bond donors (Lipinski definition) is 2. The van der Waals surface area contributed by atoms with Crippen LogP contribution in [0.2, 0.25) is 0 Å². The number of rotatable bonds is 4. The molecule has 0 aliphatic carbocycles. The Balaban J connectivity index is 1.39. The molecule has 2 N–H and O–H groups in total. The van der Waals surface area contributed by atoms with Gasteiger partial charge in [0.15, 0.2) is 5.82 Å². The van der Waals surface area contributed by atoms with Crippen LogP contribution in [0.3, 0.4) is 0 Å². The molecule has 188 valence electrons. The van der Waals surface area contributed by atoms with E-state index in [9.17, 15) is 24.0 Å². The Labute approximate surface area is 202 Å². The first kappa shape index (κ1) is 24.6. The average molecular weight is 489 g/mol. The van der Waals surface area contributed by atoms with Crippen molar-refractivity contribution < 1.29 is 33.1 Å². The number of carbonyl (C=O) groups excluding carboxylic acids is 5. The summed E-state index contributed by atoms with van der Waals surface area (Å²) in [5.74, 6) is -3.52. The molecule has 3 aliphatic rings. The molecular formula is C24H29FN4O6. The van der Waals surface area contributed by atoms with Crippen molar-refractivity contribution in [2.75, 3.05) is 25.0 Å². The molecule has 10 nitrogen and oxygen atoms in total. The van der Waals surface area contributed by atoms with Crippen molar-refractivity contribution in [3.8, 4) is 0 Å². The minimum Gasteiger partial charge on any atom is -0.444 e. The van der Waals surface area contributed by atoms with Crippen LogP contribution in [-0.2, 0) is 14.3 Å². The minimum absolute atomic E-state index is 0.00482. The number of carbonyl (C=O) groups is 5. The summed E-state index contributed by atoms with van der Waals surface area (Å²) in [7, 11) is 0. The largest absolute Gasteiger partial charge is 0.444 e. The number of halogens is 1. The fourth-order valence-electron chi connectivity index (χ4n) is 4.55. The number of ether oxygens (including phenoxy) is 1. The normalized spacial score (nSPS) is 21.2. The molecule has 1 unspecified atom stereocenters. The van der Waals surface area contributed by atoms with Gasteiger partial charge in [-0.15, -0.1) is 0 Å². The third-order valence-electron chi connectivity index (χ3n) is 6.39. The number of anilines is 1. The van der Waals surface area contributed by atoms with Gasteiger partial charge in [0, 0.05) is 26.1 Å². The summed E-state index contributed by atoms with van der Waals surface area (Å²) in [4.78, 5) is 63.9. The third kappa shape index (κ3) is 4.98. The molecule has 35 heavy (non-hydrogen) atoms. The highest BCUT2D eigenvalue weighted by molar-refractivity contribution is 6.23. The van der Waals surface area contributed by atoms with Gasteiger partial charge in [0.25, 0.3) is 11.8 Å². The van der Waals surface area contributed by atoms with Crippen molar-refractivity contribution in [1.29, 1.82) is 0 Å². The van der Waals surface area contributed by atoms with E-state index in [1.54, 1.807) is 4.90 Å². The summed E-state index contributed by atoms with van der Waals surface area (Å²) in [6.07, 6.45) is 1.06. The van der Waals surface area contributed by atoms with Gasteiger partial charge in [0.2, 0.25) is 11.8 Å². The molecule has 0 aromatic heterocycles. The number of fused-ring (bicyclic) bond motifs is 1. The van der Waals surface area contributed by atoms with E-state index in [0.717, 1.165) is 4.90 Å². The second-order valence-corrected chi connectivity index (χ2v) is 10.1. The molecule has 0 radical (unpaired) electrons.